The third-order valence-corrected chi connectivity index (χ3v) is 3.88. The minimum absolute atomic E-state index is 0.0926. The maximum atomic E-state index is 11.4. The molecule has 6 heteroatoms. The Kier molecular flexibility index (Phi) is 5.05. The highest BCUT2D eigenvalue weighted by Crippen LogP contribution is 2.05. The summed E-state index contributed by atoms with van der Waals surface area (Å²) < 4.78 is 25.1. The summed E-state index contributed by atoms with van der Waals surface area (Å²) in [6.45, 7) is 4.61. The van der Waals surface area contributed by atoms with Crippen molar-refractivity contribution in [3.8, 4) is 6.07 Å². The van der Waals surface area contributed by atoms with Gasteiger partial charge in [0.05, 0.1) is 6.07 Å². The molecular weight excluding hydrogens is 204 g/mol. The predicted molar refractivity (Wildman–Crippen MR) is 52.8 cm³/mol. The Labute approximate surface area is 84.8 Å². The van der Waals surface area contributed by atoms with Gasteiger partial charge in [-0.3, -0.25) is 0 Å². The van der Waals surface area contributed by atoms with Crippen LogP contribution in [-0.2, 0) is 10.0 Å². The molecule has 0 aromatic carbocycles. The Morgan fingerprint density at radius 2 is 1.93 bits per heavy atom. The van der Waals surface area contributed by atoms with Crippen LogP contribution in [0.3, 0.4) is 0 Å². The van der Waals surface area contributed by atoms with Crippen LogP contribution in [0.4, 0.5) is 0 Å². The van der Waals surface area contributed by atoms with E-state index in [-0.39, 0.29) is 18.6 Å². The number of nitrogens with zero attached hydrogens (tertiary/aromatic N) is 1. The molecule has 3 unspecified atom stereocenters. The molecule has 0 aliphatic rings. The molecule has 0 aliphatic heterocycles. The number of hydrogen-bond donors (Lipinski definition) is 2. The van der Waals surface area contributed by atoms with Gasteiger partial charge in [-0.1, -0.05) is 6.92 Å². The Morgan fingerprint density at radius 3 is 2.29 bits per heavy atom. The third-order valence-electron chi connectivity index (χ3n) is 2.14. The van der Waals surface area contributed by atoms with E-state index >= 15 is 0 Å². The summed E-state index contributed by atoms with van der Waals surface area (Å²) in [5, 5.41) is 16.2. The number of sulfonamides is 1. The molecule has 0 radical (unpaired) electrons. The van der Waals surface area contributed by atoms with Crippen LogP contribution in [0, 0.1) is 17.2 Å². The van der Waals surface area contributed by atoms with Gasteiger partial charge in [-0.05, 0) is 19.8 Å². The summed E-state index contributed by atoms with van der Waals surface area (Å²) >= 11 is 0. The van der Waals surface area contributed by atoms with Crippen molar-refractivity contribution >= 4 is 10.0 Å². The van der Waals surface area contributed by atoms with Crippen molar-refractivity contribution in [2.24, 2.45) is 5.92 Å². The molecule has 2 N–H and O–H groups in total. The lowest BCUT2D eigenvalue weighted by molar-refractivity contribution is 0.216. The molecule has 14 heavy (non-hydrogen) atoms. The predicted octanol–water partition coefficient (Wildman–Crippen LogP) is -0.165. The van der Waals surface area contributed by atoms with Crippen molar-refractivity contribution in [1.82, 2.24) is 4.72 Å². The first-order valence-corrected chi connectivity index (χ1v) is 5.91. The molecule has 0 aromatic heterocycles. The van der Waals surface area contributed by atoms with Crippen molar-refractivity contribution in [3.05, 3.63) is 0 Å². The van der Waals surface area contributed by atoms with Gasteiger partial charge in [0.15, 0.2) is 5.25 Å². The highest BCUT2D eigenvalue weighted by molar-refractivity contribution is 7.90. The molecule has 0 amide bonds. The first kappa shape index (κ1) is 13.4. The second kappa shape index (κ2) is 5.29. The van der Waals surface area contributed by atoms with Crippen LogP contribution >= 0.6 is 0 Å². The topological polar surface area (TPSA) is 90.2 Å². The number of hydrogen-bond acceptors (Lipinski definition) is 4. The highest BCUT2D eigenvalue weighted by Gasteiger charge is 2.24. The smallest absolute Gasteiger partial charge is 0.227 e. The molecule has 0 rings (SSSR count). The monoisotopic (exact) mass is 220 g/mol. The van der Waals surface area contributed by atoms with Gasteiger partial charge in [-0.15, -0.1) is 0 Å². The summed E-state index contributed by atoms with van der Waals surface area (Å²) in [6, 6.07) is 1.28. The summed E-state index contributed by atoms with van der Waals surface area (Å²) in [7, 11) is -3.59. The van der Waals surface area contributed by atoms with E-state index in [0.717, 1.165) is 0 Å². The average Bonchev–Trinajstić information content (AvgIpc) is 2.14. The quantitative estimate of drug-likeness (QED) is 0.673. The van der Waals surface area contributed by atoms with Gasteiger partial charge >= 0.3 is 0 Å². The summed E-state index contributed by atoms with van der Waals surface area (Å²) in [4.78, 5) is 0. The van der Waals surface area contributed by atoms with Crippen molar-refractivity contribution in [1.29, 1.82) is 5.26 Å². The zero-order chi connectivity index (χ0) is 11.4. The molecule has 0 fully saturated rings. The lowest BCUT2D eigenvalue weighted by atomic mass is 10.1. The van der Waals surface area contributed by atoms with Crippen molar-refractivity contribution in [2.45, 2.75) is 32.1 Å². The molecule has 0 aromatic rings. The molecule has 0 aliphatic carbocycles. The first-order valence-electron chi connectivity index (χ1n) is 4.36. The number of aliphatic hydroxyl groups is 1. The normalized spacial score (nSPS) is 18.2. The maximum Gasteiger partial charge on any atom is 0.227 e. The standard InChI is InChI=1S/C8H16N2O3S/c1-6(5-11)8(3)10-14(12,13)7(2)4-9/h6-8,10-11H,5H2,1-3H3. The fourth-order valence-electron chi connectivity index (χ4n) is 0.705. The van der Waals surface area contributed by atoms with Crippen LogP contribution in [0.1, 0.15) is 20.8 Å². The molecule has 3 atom stereocenters. The van der Waals surface area contributed by atoms with Crippen LogP contribution in [-0.4, -0.2) is 31.4 Å². The van der Waals surface area contributed by atoms with Crippen LogP contribution in [0.15, 0.2) is 0 Å². The van der Waals surface area contributed by atoms with E-state index in [0.29, 0.717) is 0 Å². The van der Waals surface area contributed by atoms with E-state index in [1.54, 1.807) is 19.9 Å². The molecule has 0 spiro atoms. The van der Waals surface area contributed by atoms with Crippen LogP contribution in [0.2, 0.25) is 0 Å². The maximum absolute atomic E-state index is 11.4. The SMILES string of the molecule is CC(CO)C(C)NS(=O)(=O)C(C)C#N. The van der Waals surface area contributed by atoms with Crippen molar-refractivity contribution in [3.63, 3.8) is 0 Å². The molecule has 0 saturated carbocycles. The molecule has 0 heterocycles. The van der Waals surface area contributed by atoms with E-state index in [9.17, 15) is 8.42 Å². The van der Waals surface area contributed by atoms with Gasteiger partial charge < -0.3 is 5.11 Å². The minimum atomic E-state index is -3.59. The third kappa shape index (κ3) is 3.62. The largest absolute Gasteiger partial charge is 0.396 e. The summed E-state index contributed by atoms with van der Waals surface area (Å²) in [6.07, 6.45) is 0. The van der Waals surface area contributed by atoms with Gasteiger partial charge in [0.25, 0.3) is 0 Å². The Morgan fingerprint density at radius 1 is 1.43 bits per heavy atom. The molecule has 0 bridgehead atoms. The average molecular weight is 220 g/mol. The summed E-state index contributed by atoms with van der Waals surface area (Å²) in [5.41, 5.74) is 0. The summed E-state index contributed by atoms with van der Waals surface area (Å²) in [5.74, 6) is -0.171. The molecule has 5 nitrogen and oxygen atoms in total. The van der Waals surface area contributed by atoms with E-state index in [4.69, 9.17) is 10.4 Å². The van der Waals surface area contributed by atoms with E-state index in [1.165, 1.54) is 6.92 Å². The fourth-order valence-corrected chi connectivity index (χ4v) is 1.80. The second-order valence-corrected chi connectivity index (χ2v) is 5.42. The molecule has 0 saturated heterocycles. The van der Waals surface area contributed by atoms with Gasteiger partial charge in [-0.2, -0.15) is 5.26 Å². The van der Waals surface area contributed by atoms with Gasteiger partial charge in [-0.25, -0.2) is 13.1 Å². The molecular formula is C8H16N2O3S. The second-order valence-electron chi connectivity index (χ2n) is 3.38. The first-order chi connectivity index (χ1) is 6.35. The fraction of sp³-hybridized carbons (Fsp3) is 0.875. The van der Waals surface area contributed by atoms with Gasteiger partial charge in [0.1, 0.15) is 0 Å². The minimum Gasteiger partial charge on any atom is -0.396 e. The van der Waals surface area contributed by atoms with Gasteiger partial charge in [0, 0.05) is 12.6 Å². The number of aliphatic hydroxyl groups excluding tert-OH is 1. The van der Waals surface area contributed by atoms with E-state index < -0.39 is 15.3 Å². The number of nitriles is 1. The van der Waals surface area contributed by atoms with Gasteiger partial charge in [0.2, 0.25) is 10.0 Å². The van der Waals surface area contributed by atoms with Crippen molar-refractivity contribution < 1.29 is 13.5 Å². The zero-order valence-electron chi connectivity index (χ0n) is 8.56. The molecule has 82 valence electrons. The Bertz CT molecular complexity index is 307. The van der Waals surface area contributed by atoms with Crippen molar-refractivity contribution in [2.75, 3.05) is 6.61 Å². The zero-order valence-corrected chi connectivity index (χ0v) is 9.37. The Balaban J connectivity index is 4.47. The Hall–Kier alpha value is -0.640. The van der Waals surface area contributed by atoms with E-state index in [1.807, 2.05) is 0 Å². The lowest BCUT2D eigenvalue weighted by Crippen LogP contribution is -2.42. The number of nitrogens with one attached hydrogen (secondary N) is 1. The highest BCUT2D eigenvalue weighted by atomic mass is 32.2. The van der Waals surface area contributed by atoms with Crippen LogP contribution in [0.5, 0.6) is 0 Å². The van der Waals surface area contributed by atoms with Crippen LogP contribution < -0.4 is 4.72 Å². The van der Waals surface area contributed by atoms with E-state index in [2.05, 4.69) is 4.72 Å². The van der Waals surface area contributed by atoms with Crippen LogP contribution in [0.25, 0.3) is 0 Å². The number of rotatable bonds is 5. The lowest BCUT2D eigenvalue weighted by Gasteiger charge is -2.19.